The van der Waals surface area contributed by atoms with Crippen LogP contribution in [0.5, 0.6) is 11.5 Å². The number of alkyl carbamates (subject to hydrolysis) is 1. The predicted octanol–water partition coefficient (Wildman–Crippen LogP) is 4.38. The van der Waals surface area contributed by atoms with Crippen molar-refractivity contribution in [2.75, 3.05) is 24.5 Å². The summed E-state index contributed by atoms with van der Waals surface area (Å²) < 4.78 is 25.5. The molecule has 0 bridgehead atoms. The Hall–Kier alpha value is -3.43. The number of halogens is 1. The van der Waals surface area contributed by atoms with E-state index < -0.39 is 17.5 Å². The van der Waals surface area contributed by atoms with E-state index in [1.54, 1.807) is 4.90 Å². The Morgan fingerprint density at radius 3 is 2.69 bits per heavy atom. The van der Waals surface area contributed by atoms with Crippen molar-refractivity contribution in [1.29, 1.82) is 0 Å². The van der Waals surface area contributed by atoms with Crippen LogP contribution >= 0.6 is 0 Å². The van der Waals surface area contributed by atoms with Crippen LogP contribution in [-0.2, 0) is 4.74 Å². The standard InChI is InChI=1S/C25H34FN5O4/c1-7-31(16(2)3)23(32)19-12-17(26)8-9-20(19)34-21-13-27-15-28-22(21)30-11-10-18(14-30)29-24(33)35-25(4,5)6/h8-9,12-13,15-16,18H,7,10-11,14H2,1-6H3,(H,29,33). The smallest absolute Gasteiger partial charge is 0.407 e. The molecule has 1 unspecified atom stereocenters. The molecule has 1 saturated heterocycles. The Kier molecular flexibility index (Phi) is 8.14. The summed E-state index contributed by atoms with van der Waals surface area (Å²) in [6, 6.07) is 3.68. The zero-order valence-electron chi connectivity index (χ0n) is 21.2. The number of aromatic nitrogens is 2. The number of benzene rings is 1. The molecule has 1 atom stereocenters. The number of carbonyl (C=O) groups is 2. The first-order valence-electron chi connectivity index (χ1n) is 11.8. The van der Waals surface area contributed by atoms with Crippen LogP contribution in [0.25, 0.3) is 0 Å². The third kappa shape index (κ3) is 6.80. The molecular formula is C25H34FN5O4. The number of hydrogen-bond acceptors (Lipinski definition) is 7. The molecule has 0 aliphatic carbocycles. The Balaban J connectivity index is 1.80. The highest BCUT2D eigenvalue weighted by Gasteiger charge is 2.29. The molecule has 1 aromatic carbocycles. The zero-order valence-corrected chi connectivity index (χ0v) is 21.2. The van der Waals surface area contributed by atoms with Crippen LogP contribution in [0.4, 0.5) is 15.0 Å². The average molecular weight is 488 g/mol. The van der Waals surface area contributed by atoms with Gasteiger partial charge in [0.05, 0.1) is 17.8 Å². The van der Waals surface area contributed by atoms with Crippen molar-refractivity contribution >= 4 is 17.8 Å². The summed E-state index contributed by atoms with van der Waals surface area (Å²) in [6.07, 6.45) is 3.14. The molecule has 2 amide bonds. The molecule has 35 heavy (non-hydrogen) atoms. The summed E-state index contributed by atoms with van der Waals surface area (Å²) in [5.74, 6) is 0.221. The van der Waals surface area contributed by atoms with E-state index >= 15 is 0 Å². The fourth-order valence-electron chi connectivity index (χ4n) is 3.94. The lowest BCUT2D eigenvalue weighted by Gasteiger charge is -2.26. The lowest BCUT2D eigenvalue weighted by atomic mass is 10.1. The van der Waals surface area contributed by atoms with Crippen molar-refractivity contribution in [3.8, 4) is 11.5 Å². The van der Waals surface area contributed by atoms with E-state index in [4.69, 9.17) is 9.47 Å². The molecule has 1 aliphatic heterocycles. The van der Waals surface area contributed by atoms with Crippen molar-refractivity contribution in [3.63, 3.8) is 0 Å². The zero-order chi connectivity index (χ0) is 25.8. The van der Waals surface area contributed by atoms with E-state index in [9.17, 15) is 14.0 Å². The van der Waals surface area contributed by atoms with Gasteiger partial charge in [0.25, 0.3) is 5.91 Å². The van der Waals surface area contributed by atoms with Crippen molar-refractivity contribution in [1.82, 2.24) is 20.2 Å². The Morgan fingerprint density at radius 2 is 2.03 bits per heavy atom. The number of rotatable bonds is 7. The van der Waals surface area contributed by atoms with Gasteiger partial charge in [0.15, 0.2) is 11.6 Å². The van der Waals surface area contributed by atoms with Crippen molar-refractivity contribution in [2.24, 2.45) is 0 Å². The Labute approximate surface area is 205 Å². The first kappa shape index (κ1) is 26.2. The van der Waals surface area contributed by atoms with Gasteiger partial charge in [-0.15, -0.1) is 0 Å². The van der Waals surface area contributed by atoms with Crippen LogP contribution in [0.3, 0.4) is 0 Å². The molecule has 0 spiro atoms. The Morgan fingerprint density at radius 1 is 1.29 bits per heavy atom. The second-order valence-corrected chi connectivity index (χ2v) is 9.72. The molecule has 3 rings (SSSR count). The van der Waals surface area contributed by atoms with Gasteiger partial charge >= 0.3 is 6.09 Å². The summed E-state index contributed by atoms with van der Waals surface area (Å²) in [4.78, 5) is 37.4. The third-order valence-corrected chi connectivity index (χ3v) is 5.48. The maximum absolute atomic E-state index is 14.1. The Bertz CT molecular complexity index is 1060. The normalized spacial score (nSPS) is 15.8. The van der Waals surface area contributed by atoms with Gasteiger partial charge in [-0.1, -0.05) is 0 Å². The largest absolute Gasteiger partial charge is 0.451 e. The lowest BCUT2D eigenvalue weighted by molar-refractivity contribution is 0.0508. The van der Waals surface area contributed by atoms with Gasteiger partial charge in [-0.05, 0) is 66.2 Å². The highest BCUT2D eigenvalue weighted by Crippen LogP contribution is 2.34. The maximum Gasteiger partial charge on any atom is 0.407 e. The van der Waals surface area contributed by atoms with Crippen LogP contribution in [0.15, 0.2) is 30.7 Å². The van der Waals surface area contributed by atoms with Gasteiger partial charge in [-0.2, -0.15) is 0 Å². The van der Waals surface area contributed by atoms with Gasteiger partial charge in [-0.25, -0.2) is 19.2 Å². The highest BCUT2D eigenvalue weighted by atomic mass is 19.1. The minimum absolute atomic E-state index is 0.0572. The van der Waals surface area contributed by atoms with Crippen LogP contribution in [-0.4, -0.2) is 64.2 Å². The molecule has 0 saturated carbocycles. The summed E-state index contributed by atoms with van der Waals surface area (Å²) in [5, 5.41) is 2.89. The predicted molar refractivity (Wildman–Crippen MR) is 130 cm³/mol. The summed E-state index contributed by atoms with van der Waals surface area (Å²) >= 11 is 0. The molecule has 0 radical (unpaired) electrons. The van der Waals surface area contributed by atoms with Crippen LogP contribution in [0, 0.1) is 5.82 Å². The number of anilines is 1. The molecular weight excluding hydrogens is 453 g/mol. The molecule has 1 aliphatic rings. The number of hydrogen-bond donors (Lipinski definition) is 1. The molecule has 2 heterocycles. The van der Waals surface area contributed by atoms with Crippen LogP contribution < -0.4 is 15.0 Å². The molecule has 190 valence electrons. The third-order valence-electron chi connectivity index (χ3n) is 5.48. The molecule has 2 aromatic rings. The van der Waals surface area contributed by atoms with Crippen molar-refractivity contribution in [2.45, 2.75) is 65.6 Å². The minimum atomic E-state index is -0.580. The quantitative estimate of drug-likeness (QED) is 0.619. The second-order valence-electron chi connectivity index (χ2n) is 9.72. The van der Waals surface area contributed by atoms with Gasteiger partial charge < -0.3 is 24.6 Å². The molecule has 10 heteroatoms. The number of nitrogens with one attached hydrogen (secondary N) is 1. The van der Waals surface area contributed by atoms with Crippen LogP contribution in [0.1, 0.15) is 58.3 Å². The number of ether oxygens (including phenoxy) is 2. The van der Waals surface area contributed by atoms with E-state index in [1.165, 1.54) is 30.7 Å². The maximum atomic E-state index is 14.1. The SMILES string of the molecule is CCN(C(=O)c1cc(F)ccc1Oc1cncnc1N1CCC(NC(=O)OC(C)(C)C)C1)C(C)C. The minimum Gasteiger partial charge on any atom is -0.451 e. The van der Waals surface area contributed by atoms with Crippen LogP contribution in [0.2, 0.25) is 0 Å². The molecule has 9 nitrogen and oxygen atoms in total. The number of carbonyl (C=O) groups excluding carboxylic acids is 2. The molecule has 1 aromatic heterocycles. The van der Waals surface area contributed by atoms with E-state index in [2.05, 4.69) is 15.3 Å². The molecule has 1 fully saturated rings. The summed E-state index contributed by atoms with van der Waals surface area (Å²) in [6.45, 7) is 12.7. The lowest BCUT2D eigenvalue weighted by Crippen LogP contribution is -2.40. The number of nitrogens with zero attached hydrogens (tertiary/aromatic N) is 4. The number of amides is 2. The first-order chi connectivity index (χ1) is 16.5. The van der Waals surface area contributed by atoms with Gasteiger partial charge in [-0.3, -0.25) is 4.79 Å². The van der Waals surface area contributed by atoms with Gasteiger partial charge in [0.2, 0.25) is 0 Å². The fraction of sp³-hybridized carbons (Fsp3) is 0.520. The van der Waals surface area contributed by atoms with Crippen molar-refractivity contribution in [3.05, 3.63) is 42.1 Å². The van der Waals surface area contributed by atoms with E-state index in [-0.39, 0.29) is 29.3 Å². The van der Waals surface area contributed by atoms with Crippen molar-refractivity contribution < 1.29 is 23.5 Å². The van der Waals surface area contributed by atoms with E-state index in [0.717, 1.165) is 0 Å². The molecule has 1 N–H and O–H groups in total. The van der Waals surface area contributed by atoms with E-state index in [1.807, 2.05) is 46.4 Å². The van der Waals surface area contributed by atoms with E-state index in [0.29, 0.717) is 37.6 Å². The van der Waals surface area contributed by atoms with Gasteiger partial charge in [0, 0.05) is 25.7 Å². The highest BCUT2D eigenvalue weighted by molar-refractivity contribution is 5.97. The average Bonchev–Trinajstić information content (AvgIpc) is 3.22. The fourth-order valence-corrected chi connectivity index (χ4v) is 3.94. The summed E-state index contributed by atoms with van der Waals surface area (Å²) in [7, 11) is 0. The van der Waals surface area contributed by atoms with Gasteiger partial charge in [0.1, 0.15) is 23.5 Å². The topological polar surface area (TPSA) is 96.9 Å². The second kappa shape index (κ2) is 10.9. The first-order valence-corrected chi connectivity index (χ1v) is 11.8. The summed E-state index contributed by atoms with van der Waals surface area (Å²) in [5.41, 5.74) is -0.454. The monoisotopic (exact) mass is 487 g/mol.